The van der Waals surface area contributed by atoms with Crippen molar-refractivity contribution < 1.29 is 9.59 Å². The molecule has 1 aliphatic rings. The number of carbonyl (C=O) groups is 2. The Morgan fingerprint density at radius 3 is 2.65 bits per heavy atom. The predicted octanol–water partition coefficient (Wildman–Crippen LogP) is 4.09. The highest BCUT2D eigenvalue weighted by molar-refractivity contribution is 6.01. The first-order chi connectivity index (χ1) is 11.2. The van der Waals surface area contributed by atoms with Crippen molar-refractivity contribution in [3.63, 3.8) is 0 Å². The molecule has 1 heterocycles. The molecule has 1 N–H and O–H groups in total. The fourth-order valence-electron chi connectivity index (χ4n) is 2.74. The van der Waals surface area contributed by atoms with E-state index in [1.165, 1.54) is 18.5 Å². The lowest BCUT2D eigenvalue weighted by Crippen LogP contribution is -2.31. The van der Waals surface area contributed by atoms with Crippen LogP contribution in [0.5, 0.6) is 0 Å². The first kappa shape index (κ1) is 17.3. The summed E-state index contributed by atoms with van der Waals surface area (Å²) in [5.74, 6) is -0.215. The van der Waals surface area contributed by atoms with E-state index < -0.39 is 0 Å². The molecule has 0 aromatic heterocycles. The Labute approximate surface area is 138 Å². The van der Waals surface area contributed by atoms with Crippen LogP contribution in [0, 0.1) is 0 Å². The number of rotatable bonds is 9. The van der Waals surface area contributed by atoms with Gasteiger partial charge >= 0.3 is 0 Å². The van der Waals surface area contributed by atoms with Crippen molar-refractivity contribution >= 4 is 12.2 Å². The van der Waals surface area contributed by atoms with Crippen molar-refractivity contribution in [1.29, 1.82) is 0 Å². The summed E-state index contributed by atoms with van der Waals surface area (Å²) >= 11 is 0. The van der Waals surface area contributed by atoms with Crippen LogP contribution < -0.4 is 5.43 Å². The van der Waals surface area contributed by atoms with Crippen LogP contribution in [0.2, 0.25) is 0 Å². The molecule has 4 heteroatoms. The number of amides is 1. The number of benzene rings is 1. The number of unbranched alkanes of at least 4 members (excludes halogenated alkanes) is 3. The normalized spacial score (nSPS) is 18.1. The van der Waals surface area contributed by atoms with Gasteiger partial charge in [0.25, 0.3) is 5.91 Å². The van der Waals surface area contributed by atoms with Crippen LogP contribution in [0.15, 0.2) is 36.0 Å². The van der Waals surface area contributed by atoms with Crippen LogP contribution >= 0.6 is 0 Å². The largest absolute Gasteiger partial charge is 0.298 e. The quantitative estimate of drug-likeness (QED) is 0.424. The van der Waals surface area contributed by atoms with Gasteiger partial charge in [-0.05, 0) is 18.9 Å². The van der Waals surface area contributed by atoms with E-state index >= 15 is 0 Å². The Morgan fingerprint density at radius 1 is 1.22 bits per heavy atom. The molecule has 124 valence electrons. The molecule has 0 radical (unpaired) electrons. The molecule has 0 aliphatic carbocycles. The minimum Gasteiger partial charge on any atom is -0.298 e. The van der Waals surface area contributed by atoms with Crippen molar-refractivity contribution in [1.82, 2.24) is 10.4 Å². The molecule has 1 aromatic rings. The smallest absolute Gasteiger partial charge is 0.270 e. The van der Waals surface area contributed by atoms with Gasteiger partial charge in [-0.2, -0.15) is 0 Å². The zero-order chi connectivity index (χ0) is 16.7. The van der Waals surface area contributed by atoms with Gasteiger partial charge in [-0.3, -0.25) is 20.0 Å². The molecule has 0 saturated carbocycles. The average Bonchev–Trinajstić information content (AvgIpc) is 3.23. The fraction of sp³-hybridized carbons (Fsp3) is 0.474. The second kappa shape index (κ2) is 8.51. The molecular formula is C19H26N2O2. The number of carbonyl (C=O) groups excluding carboxylic acids is 2. The van der Waals surface area contributed by atoms with E-state index in [0.29, 0.717) is 17.2 Å². The second-order valence-electron chi connectivity index (χ2n) is 5.95. The van der Waals surface area contributed by atoms with Gasteiger partial charge in [-0.15, -0.1) is 0 Å². The van der Waals surface area contributed by atoms with E-state index in [0.717, 1.165) is 32.0 Å². The Hall–Kier alpha value is -2.10. The summed E-state index contributed by atoms with van der Waals surface area (Å²) in [4.78, 5) is 23.5. The van der Waals surface area contributed by atoms with Crippen LogP contribution in [0.25, 0.3) is 0 Å². The third-order valence-electron chi connectivity index (χ3n) is 4.16. The Kier molecular flexibility index (Phi) is 6.39. The summed E-state index contributed by atoms with van der Waals surface area (Å²) < 4.78 is 0. The lowest BCUT2D eigenvalue weighted by atomic mass is 10.1. The molecule has 2 rings (SSSR count). The molecule has 1 saturated heterocycles. The maximum atomic E-state index is 12.4. The Bertz CT molecular complexity index is 580. The van der Waals surface area contributed by atoms with Crippen LogP contribution in [0.1, 0.15) is 73.1 Å². The molecule has 1 aliphatic heterocycles. The SMILES string of the molecule is CCCC/C=C1\C(CCCC)N1NC(=O)c1ccccc1C=O. The number of aldehydes is 1. The third-order valence-corrected chi connectivity index (χ3v) is 4.16. The molecular weight excluding hydrogens is 288 g/mol. The van der Waals surface area contributed by atoms with E-state index in [-0.39, 0.29) is 5.91 Å². The molecule has 0 spiro atoms. The molecule has 1 unspecified atom stereocenters. The van der Waals surface area contributed by atoms with Gasteiger partial charge in [0.2, 0.25) is 0 Å². The number of hydrazine groups is 1. The van der Waals surface area contributed by atoms with E-state index in [2.05, 4.69) is 25.3 Å². The summed E-state index contributed by atoms with van der Waals surface area (Å²) in [5.41, 5.74) is 5.01. The highest BCUT2D eigenvalue weighted by atomic mass is 16.2. The zero-order valence-electron chi connectivity index (χ0n) is 14.0. The van der Waals surface area contributed by atoms with E-state index in [4.69, 9.17) is 0 Å². The molecule has 4 nitrogen and oxygen atoms in total. The summed E-state index contributed by atoms with van der Waals surface area (Å²) in [6.07, 6.45) is 9.69. The van der Waals surface area contributed by atoms with E-state index in [1.54, 1.807) is 24.3 Å². The molecule has 1 fully saturated rings. The lowest BCUT2D eigenvalue weighted by molar-refractivity contribution is 0.0888. The lowest BCUT2D eigenvalue weighted by Gasteiger charge is -2.08. The first-order valence-corrected chi connectivity index (χ1v) is 8.57. The van der Waals surface area contributed by atoms with E-state index in [1.807, 2.05) is 5.01 Å². The number of nitrogens with one attached hydrogen (secondary N) is 1. The molecule has 1 amide bonds. The minimum atomic E-state index is -0.215. The fourth-order valence-corrected chi connectivity index (χ4v) is 2.74. The van der Waals surface area contributed by atoms with Gasteiger partial charge in [0.15, 0.2) is 6.29 Å². The van der Waals surface area contributed by atoms with Crippen molar-refractivity contribution in [2.45, 2.75) is 58.4 Å². The highest BCUT2D eigenvalue weighted by Gasteiger charge is 2.41. The van der Waals surface area contributed by atoms with Crippen LogP contribution in [0.3, 0.4) is 0 Å². The molecule has 1 aromatic carbocycles. The molecule has 23 heavy (non-hydrogen) atoms. The van der Waals surface area contributed by atoms with Crippen LogP contribution in [-0.4, -0.2) is 23.2 Å². The van der Waals surface area contributed by atoms with Gasteiger partial charge < -0.3 is 0 Å². The number of nitrogens with zero attached hydrogens (tertiary/aromatic N) is 1. The maximum Gasteiger partial charge on any atom is 0.270 e. The number of allylic oxidation sites excluding steroid dienone is 1. The van der Waals surface area contributed by atoms with Crippen molar-refractivity contribution in [3.8, 4) is 0 Å². The van der Waals surface area contributed by atoms with Crippen molar-refractivity contribution in [3.05, 3.63) is 47.2 Å². The summed E-state index contributed by atoms with van der Waals surface area (Å²) in [7, 11) is 0. The Morgan fingerprint density at radius 2 is 1.96 bits per heavy atom. The molecule has 1 atom stereocenters. The second-order valence-corrected chi connectivity index (χ2v) is 5.95. The molecule has 0 bridgehead atoms. The maximum absolute atomic E-state index is 12.4. The topological polar surface area (TPSA) is 49.2 Å². The van der Waals surface area contributed by atoms with Gasteiger partial charge in [-0.25, -0.2) is 0 Å². The van der Waals surface area contributed by atoms with Crippen molar-refractivity contribution in [2.75, 3.05) is 0 Å². The zero-order valence-corrected chi connectivity index (χ0v) is 14.0. The summed E-state index contributed by atoms with van der Waals surface area (Å²) in [6, 6.07) is 7.20. The van der Waals surface area contributed by atoms with Crippen LogP contribution in [0.4, 0.5) is 0 Å². The van der Waals surface area contributed by atoms with Gasteiger partial charge in [0.05, 0.1) is 17.3 Å². The van der Waals surface area contributed by atoms with Crippen LogP contribution in [-0.2, 0) is 0 Å². The minimum absolute atomic E-state index is 0.215. The summed E-state index contributed by atoms with van der Waals surface area (Å²) in [6.45, 7) is 4.35. The van der Waals surface area contributed by atoms with E-state index in [9.17, 15) is 9.59 Å². The van der Waals surface area contributed by atoms with Gasteiger partial charge in [0.1, 0.15) is 0 Å². The van der Waals surface area contributed by atoms with Gasteiger partial charge in [0, 0.05) is 5.56 Å². The summed E-state index contributed by atoms with van der Waals surface area (Å²) in [5, 5.41) is 1.95. The predicted molar refractivity (Wildman–Crippen MR) is 92.1 cm³/mol. The van der Waals surface area contributed by atoms with Gasteiger partial charge in [-0.1, -0.05) is 63.8 Å². The standard InChI is InChI=1S/C19H26N2O2/c1-3-5-7-13-18-17(12-6-4-2)21(18)20-19(23)16-11-9-8-10-15(16)14-22/h8-11,13-14,17H,3-7,12H2,1-2H3,(H,20,23)/b18-13+. The average molecular weight is 314 g/mol. The number of hydrogen-bond donors (Lipinski definition) is 1. The monoisotopic (exact) mass is 314 g/mol. The highest BCUT2D eigenvalue weighted by Crippen LogP contribution is 2.35. The Balaban J connectivity index is 2.03. The number of hydrogen-bond acceptors (Lipinski definition) is 3. The first-order valence-electron chi connectivity index (χ1n) is 8.57. The third kappa shape index (κ3) is 4.44. The van der Waals surface area contributed by atoms with Crippen molar-refractivity contribution in [2.24, 2.45) is 0 Å².